The monoisotopic (exact) mass is 164 g/mol. The molecular weight excluding hydrogens is 151 g/mol. The second kappa shape index (κ2) is 4.11. The number of hydrogen-bond donors (Lipinski definition) is 2. The minimum Gasteiger partial charge on any atom is -0.433 e. The molecule has 0 aliphatic carbocycles. The minimum absolute atomic E-state index is 0.551. The van der Waals surface area contributed by atoms with E-state index in [-0.39, 0.29) is 0 Å². The minimum atomic E-state index is -0.551. The summed E-state index contributed by atoms with van der Waals surface area (Å²) in [5.74, 6) is 0.726. The Hall–Kier alpha value is -1.03. The van der Waals surface area contributed by atoms with E-state index in [1.165, 1.54) is 5.56 Å². The predicted octanol–water partition coefficient (Wildman–Crippen LogP) is 1.17. The van der Waals surface area contributed by atoms with Crippen LogP contribution in [0, 0.1) is 0 Å². The molecule has 0 radical (unpaired) electrons. The molecular formula is C8H13BN2O. The Morgan fingerprint density at radius 2 is 2.42 bits per heavy atom. The van der Waals surface area contributed by atoms with Crippen molar-refractivity contribution in [2.75, 3.05) is 5.23 Å². The van der Waals surface area contributed by atoms with Gasteiger partial charge in [-0.05, 0) is 30.9 Å². The van der Waals surface area contributed by atoms with Crippen molar-refractivity contribution in [1.29, 1.82) is 0 Å². The third kappa shape index (κ3) is 2.55. The van der Waals surface area contributed by atoms with Crippen molar-refractivity contribution < 1.29 is 5.02 Å². The lowest BCUT2D eigenvalue weighted by atomic mass is 9.89. The molecule has 0 saturated carbocycles. The molecule has 64 valence electrons. The first-order valence-electron chi connectivity index (χ1n) is 4.12. The van der Waals surface area contributed by atoms with Crippen LogP contribution in [0.1, 0.15) is 12.5 Å². The Kier molecular flexibility index (Phi) is 3.11. The van der Waals surface area contributed by atoms with Gasteiger partial charge in [-0.1, -0.05) is 6.92 Å². The van der Waals surface area contributed by atoms with E-state index in [1.807, 2.05) is 12.1 Å². The average molecular weight is 164 g/mol. The number of aromatic nitrogens is 1. The lowest BCUT2D eigenvalue weighted by Crippen LogP contribution is -2.20. The molecule has 0 bridgehead atoms. The summed E-state index contributed by atoms with van der Waals surface area (Å²) in [6.07, 6.45) is 2.72. The molecule has 2 N–H and O–H groups in total. The van der Waals surface area contributed by atoms with E-state index in [2.05, 4.69) is 17.1 Å². The molecule has 3 nitrogen and oxygen atoms in total. The first kappa shape index (κ1) is 9.07. The summed E-state index contributed by atoms with van der Waals surface area (Å²) >= 11 is 0. The van der Waals surface area contributed by atoms with Gasteiger partial charge in [-0.3, -0.25) is 0 Å². The molecule has 0 spiro atoms. The number of hydrogen-bond acceptors (Lipinski definition) is 3. The number of nitrogens with one attached hydrogen (secondary N) is 1. The van der Waals surface area contributed by atoms with Crippen LogP contribution >= 0.6 is 0 Å². The predicted molar refractivity (Wildman–Crippen MR) is 51.1 cm³/mol. The highest BCUT2D eigenvalue weighted by atomic mass is 16.2. The van der Waals surface area contributed by atoms with Gasteiger partial charge in [0.25, 0.3) is 0 Å². The van der Waals surface area contributed by atoms with E-state index in [9.17, 15) is 0 Å². The van der Waals surface area contributed by atoms with Gasteiger partial charge in [0.15, 0.2) is 0 Å². The zero-order valence-electron chi connectivity index (χ0n) is 7.41. The maximum absolute atomic E-state index is 9.02. The second-order valence-corrected chi connectivity index (χ2v) is 2.72. The summed E-state index contributed by atoms with van der Waals surface area (Å²) in [7, 11) is -0.551. The molecule has 0 amide bonds. The van der Waals surface area contributed by atoms with E-state index >= 15 is 0 Å². The highest BCUT2D eigenvalue weighted by molar-refractivity contribution is 6.52. The van der Waals surface area contributed by atoms with Gasteiger partial charge in [0, 0.05) is 6.20 Å². The van der Waals surface area contributed by atoms with Crippen molar-refractivity contribution in [2.45, 2.75) is 20.2 Å². The molecule has 0 aliphatic heterocycles. The molecule has 1 aromatic rings. The van der Waals surface area contributed by atoms with E-state index in [1.54, 1.807) is 13.0 Å². The molecule has 0 aromatic carbocycles. The SMILES string of the molecule is CCc1ccnc(NB(C)O)c1. The largest absolute Gasteiger partial charge is 0.433 e. The Morgan fingerprint density at radius 3 is 3.00 bits per heavy atom. The molecule has 0 aliphatic rings. The van der Waals surface area contributed by atoms with E-state index in [0.717, 1.165) is 12.2 Å². The Labute approximate surface area is 73.0 Å². The first-order valence-corrected chi connectivity index (χ1v) is 4.12. The van der Waals surface area contributed by atoms with Crippen LogP contribution in [0.15, 0.2) is 18.3 Å². The van der Waals surface area contributed by atoms with Crippen molar-refractivity contribution in [3.63, 3.8) is 0 Å². The van der Waals surface area contributed by atoms with Gasteiger partial charge < -0.3 is 10.3 Å². The lowest BCUT2D eigenvalue weighted by Gasteiger charge is -2.05. The molecule has 1 aromatic heterocycles. The normalized spacial score (nSPS) is 9.58. The fourth-order valence-electron chi connectivity index (χ4n) is 0.987. The van der Waals surface area contributed by atoms with E-state index in [4.69, 9.17) is 5.02 Å². The molecule has 4 heteroatoms. The molecule has 0 atom stereocenters. The van der Waals surface area contributed by atoms with Crippen molar-refractivity contribution in [3.8, 4) is 0 Å². The summed E-state index contributed by atoms with van der Waals surface area (Å²) in [6.45, 7) is 3.75. The van der Waals surface area contributed by atoms with Gasteiger partial charge in [0.05, 0.1) is 0 Å². The second-order valence-electron chi connectivity index (χ2n) is 2.72. The number of rotatable bonds is 3. The van der Waals surface area contributed by atoms with Crippen LogP contribution < -0.4 is 5.23 Å². The van der Waals surface area contributed by atoms with Crippen molar-refractivity contribution in [1.82, 2.24) is 4.98 Å². The smallest absolute Gasteiger partial charge is 0.408 e. The van der Waals surface area contributed by atoms with E-state index in [0.29, 0.717) is 0 Å². The van der Waals surface area contributed by atoms with Crippen LogP contribution in [-0.4, -0.2) is 17.1 Å². The summed E-state index contributed by atoms with van der Waals surface area (Å²) in [5, 5.41) is 11.8. The van der Waals surface area contributed by atoms with Crippen LogP contribution in [0.25, 0.3) is 0 Å². The number of aryl methyl sites for hydroxylation is 1. The third-order valence-corrected chi connectivity index (χ3v) is 1.59. The first-order chi connectivity index (χ1) is 5.72. The van der Waals surface area contributed by atoms with Gasteiger partial charge in [-0.15, -0.1) is 0 Å². The lowest BCUT2D eigenvalue weighted by molar-refractivity contribution is 0.586. The van der Waals surface area contributed by atoms with Gasteiger partial charge in [-0.2, -0.15) is 0 Å². The zero-order valence-corrected chi connectivity index (χ0v) is 7.41. The summed E-state index contributed by atoms with van der Waals surface area (Å²) < 4.78 is 0. The maximum Gasteiger partial charge on any atom is 0.408 e. The maximum atomic E-state index is 9.02. The zero-order chi connectivity index (χ0) is 8.97. The third-order valence-electron chi connectivity index (χ3n) is 1.59. The van der Waals surface area contributed by atoms with Crippen LogP contribution in [0.4, 0.5) is 5.82 Å². The highest BCUT2D eigenvalue weighted by Crippen LogP contribution is 2.06. The van der Waals surface area contributed by atoms with Crippen LogP contribution in [0.3, 0.4) is 0 Å². The fraction of sp³-hybridized carbons (Fsp3) is 0.375. The Bertz CT molecular complexity index is 253. The molecule has 12 heavy (non-hydrogen) atoms. The standard InChI is InChI=1S/C8H13BN2O/c1-3-7-4-5-10-8(6-7)11-9(2)12/h4-6,12H,3H2,1-2H3,(H,10,11). The summed E-state index contributed by atoms with van der Waals surface area (Å²) in [5.41, 5.74) is 1.22. The summed E-state index contributed by atoms with van der Waals surface area (Å²) in [6, 6.07) is 3.90. The van der Waals surface area contributed by atoms with Gasteiger partial charge in [0.2, 0.25) is 0 Å². The van der Waals surface area contributed by atoms with Crippen LogP contribution in [0.2, 0.25) is 6.82 Å². The number of nitrogens with zero attached hydrogens (tertiary/aromatic N) is 1. The average Bonchev–Trinajstić information content (AvgIpc) is 2.03. The van der Waals surface area contributed by atoms with Gasteiger partial charge in [0.1, 0.15) is 5.82 Å². The molecule has 0 fully saturated rings. The van der Waals surface area contributed by atoms with Crippen molar-refractivity contribution in [2.24, 2.45) is 0 Å². The molecule has 1 heterocycles. The van der Waals surface area contributed by atoms with Crippen molar-refractivity contribution in [3.05, 3.63) is 23.9 Å². The van der Waals surface area contributed by atoms with Crippen LogP contribution in [0.5, 0.6) is 0 Å². The summed E-state index contributed by atoms with van der Waals surface area (Å²) in [4.78, 5) is 4.06. The Balaban J connectivity index is 2.72. The number of anilines is 1. The topological polar surface area (TPSA) is 45.2 Å². The molecule has 0 saturated heterocycles. The number of pyridine rings is 1. The fourth-order valence-corrected chi connectivity index (χ4v) is 0.987. The Morgan fingerprint density at radius 1 is 1.67 bits per heavy atom. The van der Waals surface area contributed by atoms with E-state index < -0.39 is 7.05 Å². The van der Waals surface area contributed by atoms with Gasteiger partial charge >= 0.3 is 7.05 Å². The van der Waals surface area contributed by atoms with Crippen LogP contribution in [-0.2, 0) is 6.42 Å². The highest BCUT2D eigenvalue weighted by Gasteiger charge is 2.02. The molecule has 0 unspecified atom stereocenters. The van der Waals surface area contributed by atoms with Gasteiger partial charge in [-0.25, -0.2) is 4.98 Å². The quantitative estimate of drug-likeness (QED) is 0.659. The molecule has 1 rings (SSSR count). The van der Waals surface area contributed by atoms with Crippen molar-refractivity contribution >= 4 is 12.9 Å².